The molecule has 1 saturated carbocycles. The molecule has 3 aromatic heterocycles. The van der Waals surface area contributed by atoms with E-state index in [1.165, 1.54) is 0 Å². The van der Waals surface area contributed by atoms with Crippen molar-refractivity contribution in [2.45, 2.75) is 32.7 Å². The van der Waals surface area contributed by atoms with E-state index in [1.807, 2.05) is 20.0 Å². The topological polar surface area (TPSA) is 121 Å². The minimum absolute atomic E-state index is 0.279. The lowest BCUT2D eigenvalue weighted by molar-refractivity contribution is 0.198. The number of ether oxygens (including phenoxy) is 1. The van der Waals surface area contributed by atoms with E-state index in [9.17, 15) is 0 Å². The summed E-state index contributed by atoms with van der Waals surface area (Å²) in [5, 5.41) is 13.1. The van der Waals surface area contributed by atoms with Gasteiger partial charge in [-0.05, 0) is 19.8 Å². The number of nitrogens with zero attached hydrogens (tertiary/aromatic N) is 7. The maximum Gasteiger partial charge on any atom is 0.229 e. The molecule has 30 heavy (non-hydrogen) atoms. The second kappa shape index (κ2) is 7.28. The molecule has 1 aliphatic heterocycles. The van der Waals surface area contributed by atoms with Gasteiger partial charge in [0.1, 0.15) is 5.70 Å². The molecule has 0 aromatic carbocycles. The molecule has 2 aliphatic rings. The Labute approximate surface area is 177 Å². The standard InChI is InChI=1S/C19H22ClN9O/c1-10-8-13(28(2)26-10)23-14(11-4-5-11)15-17(21)30-7-3-6-29-18-12(16(20)27-29)9-22-19(24-15)25-18/h8-9,11H,3-7,21H2,1-2H3,(H,22,24,25)/b17-15-,23-14+. The van der Waals surface area contributed by atoms with Gasteiger partial charge in [0.15, 0.2) is 16.6 Å². The number of anilines is 1. The minimum Gasteiger partial charge on any atom is -0.478 e. The summed E-state index contributed by atoms with van der Waals surface area (Å²) in [6, 6.07) is 1.94. The highest BCUT2D eigenvalue weighted by Crippen LogP contribution is 2.36. The fraction of sp³-hybridized carbons (Fsp3) is 0.421. The Balaban J connectivity index is 1.61. The molecule has 11 heteroatoms. The van der Waals surface area contributed by atoms with Gasteiger partial charge >= 0.3 is 0 Å². The Morgan fingerprint density at radius 1 is 1.37 bits per heavy atom. The Morgan fingerprint density at radius 2 is 2.20 bits per heavy atom. The molecule has 4 heterocycles. The van der Waals surface area contributed by atoms with Gasteiger partial charge in [-0.1, -0.05) is 11.6 Å². The van der Waals surface area contributed by atoms with Crippen LogP contribution < -0.4 is 11.1 Å². The third-order valence-electron chi connectivity index (χ3n) is 5.13. The molecular weight excluding hydrogens is 406 g/mol. The highest BCUT2D eigenvalue weighted by atomic mass is 35.5. The SMILES string of the molecule is Cc1cc(/N=C(/C2=C(\N)OCCCn3nc(Cl)c4cnc(nc43)N2)C2CC2)n(C)n1. The first-order valence-electron chi connectivity index (χ1n) is 9.88. The molecule has 5 rings (SSSR count). The van der Waals surface area contributed by atoms with Gasteiger partial charge in [0.25, 0.3) is 0 Å². The molecule has 0 spiro atoms. The summed E-state index contributed by atoms with van der Waals surface area (Å²) in [4.78, 5) is 13.9. The van der Waals surface area contributed by atoms with E-state index in [-0.39, 0.29) is 5.88 Å². The maximum atomic E-state index is 6.36. The summed E-state index contributed by atoms with van der Waals surface area (Å²) >= 11 is 6.24. The van der Waals surface area contributed by atoms with Gasteiger partial charge in [-0.15, -0.1) is 0 Å². The normalized spacial score (nSPS) is 20.2. The van der Waals surface area contributed by atoms with Crippen molar-refractivity contribution >= 4 is 40.1 Å². The first kappa shape index (κ1) is 18.9. The Morgan fingerprint density at radius 3 is 2.93 bits per heavy atom. The summed E-state index contributed by atoms with van der Waals surface area (Å²) in [7, 11) is 1.87. The third kappa shape index (κ3) is 3.47. The summed E-state index contributed by atoms with van der Waals surface area (Å²) < 4.78 is 9.38. The molecule has 0 unspecified atom stereocenters. The Bertz CT molecular complexity index is 1190. The van der Waals surface area contributed by atoms with Crippen LogP contribution in [0.3, 0.4) is 0 Å². The van der Waals surface area contributed by atoms with Gasteiger partial charge in [-0.2, -0.15) is 15.2 Å². The number of nitrogens with two attached hydrogens (primary N) is 1. The highest BCUT2D eigenvalue weighted by molar-refractivity contribution is 6.34. The Hall–Kier alpha value is -3.14. The van der Waals surface area contributed by atoms with Crippen LogP contribution >= 0.6 is 11.6 Å². The minimum atomic E-state index is 0.279. The predicted octanol–water partition coefficient (Wildman–Crippen LogP) is 2.66. The van der Waals surface area contributed by atoms with Crippen LogP contribution in [0, 0.1) is 12.8 Å². The lowest BCUT2D eigenvalue weighted by Gasteiger charge is -2.16. The number of halogens is 1. The van der Waals surface area contributed by atoms with Crippen molar-refractivity contribution in [3.05, 3.63) is 34.7 Å². The van der Waals surface area contributed by atoms with Gasteiger partial charge in [0.2, 0.25) is 11.8 Å². The lowest BCUT2D eigenvalue weighted by atomic mass is 10.1. The number of aryl methyl sites for hydroxylation is 3. The molecular formula is C19H22ClN9O. The number of hydrogen-bond acceptors (Lipinski definition) is 8. The van der Waals surface area contributed by atoms with E-state index in [0.29, 0.717) is 53.3 Å². The number of aliphatic imine (C=N–C) groups is 1. The maximum absolute atomic E-state index is 6.36. The molecule has 2 bridgehead atoms. The van der Waals surface area contributed by atoms with E-state index in [0.717, 1.165) is 30.1 Å². The molecule has 0 saturated heterocycles. The summed E-state index contributed by atoms with van der Waals surface area (Å²) in [5.74, 6) is 1.71. The second-order valence-electron chi connectivity index (χ2n) is 7.55. The summed E-state index contributed by atoms with van der Waals surface area (Å²) in [6.07, 6.45) is 4.45. The van der Waals surface area contributed by atoms with Crippen LogP contribution in [0.2, 0.25) is 5.15 Å². The number of allylic oxidation sites excluding steroid dienone is 1. The van der Waals surface area contributed by atoms with Crippen LogP contribution in [-0.4, -0.2) is 41.8 Å². The fourth-order valence-electron chi connectivity index (χ4n) is 3.50. The van der Waals surface area contributed by atoms with Crippen molar-refractivity contribution < 1.29 is 4.74 Å². The molecule has 0 atom stereocenters. The number of hydrogen-bond donors (Lipinski definition) is 2. The number of rotatable bonds is 3. The van der Waals surface area contributed by atoms with E-state index >= 15 is 0 Å². The average Bonchev–Trinajstić information content (AvgIpc) is 3.44. The second-order valence-corrected chi connectivity index (χ2v) is 7.91. The van der Waals surface area contributed by atoms with Gasteiger partial charge in [0, 0.05) is 38.2 Å². The van der Waals surface area contributed by atoms with Crippen LogP contribution in [0.4, 0.5) is 11.8 Å². The molecule has 156 valence electrons. The van der Waals surface area contributed by atoms with E-state index < -0.39 is 0 Å². The zero-order chi connectivity index (χ0) is 20.8. The molecule has 3 aromatic rings. The molecule has 10 nitrogen and oxygen atoms in total. The van der Waals surface area contributed by atoms with Crippen LogP contribution in [-0.2, 0) is 18.3 Å². The van der Waals surface area contributed by atoms with Gasteiger partial charge in [-0.3, -0.25) is 4.68 Å². The number of aromatic nitrogens is 6. The highest BCUT2D eigenvalue weighted by Gasteiger charge is 2.33. The van der Waals surface area contributed by atoms with Crippen LogP contribution in [0.15, 0.2) is 28.8 Å². The van der Waals surface area contributed by atoms with Crippen LogP contribution in [0.25, 0.3) is 11.0 Å². The molecule has 3 N–H and O–H groups in total. The van der Waals surface area contributed by atoms with E-state index in [1.54, 1.807) is 15.6 Å². The van der Waals surface area contributed by atoms with Crippen molar-refractivity contribution in [3.63, 3.8) is 0 Å². The number of fused-ring (bicyclic) bond motifs is 1. The smallest absolute Gasteiger partial charge is 0.229 e. The van der Waals surface area contributed by atoms with Crippen molar-refractivity contribution in [3.8, 4) is 0 Å². The van der Waals surface area contributed by atoms with Crippen molar-refractivity contribution in [2.24, 2.45) is 23.7 Å². The quantitative estimate of drug-likeness (QED) is 0.616. The third-order valence-corrected chi connectivity index (χ3v) is 5.41. The number of nitrogens with one attached hydrogen (secondary N) is 1. The Kier molecular flexibility index (Phi) is 4.58. The van der Waals surface area contributed by atoms with Gasteiger partial charge in [0.05, 0.1) is 23.4 Å². The lowest BCUT2D eigenvalue weighted by Crippen LogP contribution is -2.22. The molecule has 0 radical (unpaired) electrons. The van der Waals surface area contributed by atoms with Gasteiger partial charge < -0.3 is 15.8 Å². The monoisotopic (exact) mass is 427 g/mol. The van der Waals surface area contributed by atoms with E-state index in [4.69, 9.17) is 27.1 Å². The van der Waals surface area contributed by atoms with Crippen molar-refractivity contribution in [1.82, 2.24) is 29.5 Å². The molecule has 0 amide bonds. The largest absolute Gasteiger partial charge is 0.478 e. The fourth-order valence-corrected chi connectivity index (χ4v) is 3.73. The average molecular weight is 428 g/mol. The van der Waals surface area contributed by atoms with Crippen LogP contribution in [0.5, 0.6) is 0 Å². The zero-order valence-corrected chi connectivity index (χ0v) is 17.5. The zero-order valence-electron chi connectivity index (χ0n) is 16.8. The van der Waals surface area contributed by atoms with Crippen molar-refractivity contribution in [2.75, 3.05) is 11.9 Å². The van der Waals surface area contributed by atoms with E-state index in [2.05, 4.69) is 25.5 Å². The summed E-state index contributed by atoms with van der Waals surface area (Å²) in [6.45, 7) is 2.98. The predicted molar refractivity (Wildman–Crippen MR) is 114 cm³/mol. The first-order valence-corrected chi connectivity index (χ1v) is 10.3. The van der Waals surface area contributed by atoms with Crippen molar-refractivity contribution in [1.29, 1.82) is 0 Å². The summed E-state index contributed by atoms with van der Waals surface area (Å²) in [5.41, 5.74) is 9.35. The first-order chi connectivity index (χ1) is 14.5. The van der Waals surface area contributed by atoms with Gasteiger partial charge in [-0.25, -0.2) is 14.7 Å². The molecule has 1 aliphatic carbocycles. The van der Waals surface area contributed by atoms with Crippen LogP contribution in [0.1, 0.15) is 25.0 Å². The molecule has 1 fully saturated rings.